The number of furan rings is 1. The number of hydrogen-bond donors (Lipinski definition) is 0. The smallest absolute Gasteiger partial charge is 0.145 e. The van der Waals surface area contributed by atoms with Gasteiger partial charge in [0.15, 0.2) is 0 Å². The zero-order valence-electron chi connectivity index (χ0n) is 27.2. The molecule has 0 aliphatic heterocycles. The van der Waals surface area contributed by atoms with Crippen LogP contribution in [0.25, 0.3) is 113 Å². The van der Waals surface area contributed by atoms with E-state index in [0.717, 1.165) is 55.3 Å². The maximum atomic E-state index is 6.68. The molecule has 12 aromatic rings. The molecule has 12 rings (SSSR count). The second kappa shape index (κ2) is 10.0. The van der Waals surface area contributed by atoms with Crippen LogP contribution in [0, 0.1) is 0 Å². The topological polar surface area (TPSA) is 31.0 Å². The summed E-state index contributed by atoms with van der Waals surface area (Å²) in [5, 5.41) is 14.5. The van der Waals surface area contributed by atoms with E-state index in [0.29, 0.717) is 0 Å². The molecule has 0 radical (unpaired) electrons. The standard InChI is InChI=1S/C47H26N2OS/c1-3-17-32-29(14-1)30-15-2-4-18-33(30)42-41(32)35-19-5-8-21-37(35)48-45(42)27-12-11-13-28(26-27)49-38-25-24-34-31-16-6-9-22-39(31)50-46(34)44(38)43-36-20-7-10-23-40(36)51-47(43)49/h1-26H. The third kappa shape index (κ3) is 3.64. The molecule has 0 saturated heterocycles. The van der Waals surface area contributed by atoms with Crippen LogP contribution in [0.4, 0.5) is 0 Å². The largest absolute Gasteiger partial charge is 0.455 e. The number of hydrogen-bond acceptors (Lipinski definition) is 3. The Balaban J connectivity index is 1.21. The van der Waals surface area contributed by atoms with Gasteiger partial charge in [0.1, 0.15) is 16.0 Å². The summed E-state index contributed by atoms with van der Waals surface area (Å²) < 4.78 is 10.4. The first-order chi connectivity index (χ1) is 25.3. The van der Waals surface area contributed by atoms with E-state index in [1.54, 1.807) is 0 Å². The highest BCUT2D eigenvalue weighted by atomic mass is 32.1. The Morgan fingerprint density at radius 3 is 1.96 bits per heavy atom. The second-order valence-electron chi connectivity index (χ2n) is 13.4. The minimum atomic E-state index is 0.913. The molecule has 3 nitrogen and oxygen atoms in total. The van der Waals surface area contributed by atoms with Crippen molar-refractivity contribution < 1.29 is 4.42 Å². The summed E-state index contributed by atoms with van der Waals surface area (Å²) >= 11 is 1.84. The van der Waals surface area contributed by atoms with E-state index in [2.05, 4.69) is 156 Å². The summed E-state index contributed by atoms with van der Waals surface area (Å²) in [6.45, 7) is 0. The highest BCUT2D eigenvalue weighted by molar-refractivity contribution is 7.25. The van der Waals surface area contributed by atoms with Gasteiger partial charge in [0, 0.05) is 53.7 Å². The molecule has 0 amide bonds. The quantitative estimate of drug-likeness (QED) is 0.172. The lowest BCUT2D eigenvalue weighted by Gasteiger charge is -2.17. The Bertz CT molecular complexity index is 3440. The molecular formula is C47H26N2OS. The summed E-state index contributed by atoms with van der Waals surface area (Å²) in [5.74, 6) is 0. The Morgan fingerprint density at radius 2 is 1.14 bits per heavy atom. The van der Waals surface area contributed by atoms with Crippen LogP contribution in [0.1, 0.15) is 0 Å². The van der Waals surface area contributed by atoms with Crippen molar-refractivity contribution in [3.8, 4) is 16.9 Å². The number of nitrogens with zero attached hydrogens (tertiary/aromatic N) is 2. The summed E-state index contributed by atoms with van der Waals surface area (Å²) in [7, 11) is 0. The van der Waals surface area contributed by atoms with Crippen molar-refractivity contribution >= 4 is 108 Å². The highest BCUT2D eigenvalue weighted by Gasteiger charge is 2.23. The van der Waals surface area contributed by atoms with E-state index in [1.807, 2.05) is 17.4 Å². The van der Waals surface area contributed by atoms with Crippen LogP contribution in [0.15, 0.2) is 162 Å². The van der Waals surface area contributed by atoms with E-state index in [1.165, 1.54) is 58.0 Å². The van der Waals surface area contributed by atoms with Gasteiger partial charge in [0.2, 0.25) is 0 Å². The fourth-order valence-corrected chi connectivity index (χ4v) is 9.87. The molecule has 0 aliphatic rings. The highest BCUT2D eigenvalue weighted by Crippen LogP contribution is 2.47. The molecule has 4 aromatic heterocycles. The number of fused-ring (bicyclic) bond motifs is 17. The van der Waals surface area contributed by atoms with Gasteiger partial charge in [-0.2, -0.15) is 0 Å². The lowest BCUT2D eigenvalue weighted by molar-refractivity contribution is 0.673. The second-order valence-corrected chi connectivity index (χ2v) is 14.4. The van der Waals surface area contributed by atoms with Gasteiger partial charge in [0.25, 0.3) is 0 Å². The third-order valence-corrected chi connectivity index (χ3v) is 11.9. The Kier molecular flexibility index (Phi) is 5.38. The summed E-state index contributed by atoms with van der Waals surface area (Å²) in [4.78, 5) is 6.67. The van der Waals surface area contributed by atoms with Crippen molar-refractivity contribution in [2.75, 3.05) is 0 Å². The van der Waals surface area contributed by atoms with Gasteiger partial charge in [-0.3, -0.25) is 0 Å². The summed E-state index contributed by atoms with van der Waals surface area (Å²) in [6.07, 6.45) is 0. The number of aromatic nitrogens is 2. The van der Waals surface area contributed by atoms with Crippen molar-refractivity contribution in [3.63, 3.8) is 0 Å². The van der Waals surface area contributed by atoms with Crippen LogP contribution < -0.4 is 0 Å². The predicted molar refractivity (Wildman–Crippen MR) is 217 cm³/mol. The molecule has 0 aliphatic carbocycles. The molecule has 0 spiro atoms. The molecule has 0 bridgehead atoms. The zero-order chi connectivity index (χ0) is 33.2. The average molecular weight is 667 g/mol. The van der Waals surface area contributed by atoms with E-state index < -0.39 is 0 Å². The minimum Gasteiger partial charge on any atom is -0.455 e. The third-order valence-electron chi connectivity index (χ3n) is 10.7. The monoisotopic (exact) mass is 666 g/mol. The van der Waals surface area contributed by atoms with Crippen LogP contribution in [0.3, 0.4) is 0 Å². The Labute approximate surface area is 295 Å². The van der Waals surface area contributed by atoms with Gasteiger partial charge in [-0.1, -0.05) is 115 Å². The van der Waals surface area contributed by atoms with Gasteiger partial charge in [-0.15, -0.1) is 11.3 Å². The molecule has 236 valence electrons. The normalized spacial score (nSPS) is 12.3. The maximum absolute atomic E-state index is 6.68. The van der Waals surface area contributed by atoms with Crippen LogP contribution in [-0.4, -0.2) is 9.55 Å². The molecule has 0 N–H and O–H groups in total. The van der Waals surface area contributed by atoms with Crippen molar-refractivity contribution in [2.24, 2.45) is 0 Å². The summed E-state index contributed by atoms with van der Waals surface area (Å²) in [5.41, 5.74) is 7.17. The molecule has 51 heavy (non-hydrogen) atoms. The maximum Gasteiger partial charge on any atom is 0.145 e. The van der Waals surface area contributed by atoms with Crippen molar-refractivity contribution in [1.29, 1.82) is 0 Å². The van der Waals surface area contributed by atoms with Gasteiger partial charge in [0.05, 0.1) is 22.1 Å². The first-order valence-electron chi connectivity index (χ1n) is 17.3. The van der Waals surface area contributed by atoms with E-state index in [9.17, 15) is 0 Å². The number of benzene rings is 8. The number of rotatable bonds is 2. The van der Waals surface area contributed by atoms with E-state index in [4.69, 9.17) is 9.40 Å². The van der Waals surface area contributed by atoms with Crippen LogP contribution in [-0.2, 0) is 0 Å². The molecule has 4 heterocycles. The molecule has 0 saturated carbocycles. The first-order valence-corrected chi connectivity index (χ1v) is 18.1. The van der Waals surface area contributed by atoms with Gasteiger partial charge >= 0.3 is 0 Å². The number of thiophene rings is 1. The number of pyridine rings is 1. The molecule has 0 fully saturated rings. The fourth-order valence-electron chi connectivity index (χ4n) is 8.63. The minimum absolute atomic E-state index is 0.913. The zero-order valence-corrected chi connectivity index (χ0v) is 28.0. The number of para-hydroxylation sites is 2. The van der Waals surface area contributed by atoms with Crippen LogP contribution in [0.2, 0.25) is 0 Å². The Hall–Kier alpha value is -6.49. The molecule has 0 atom stereocenters. The summed E-state index contributed by atoms with van der Waals surface area (Å²) in [6, 6.07) is 56.7. The lowest BCUT2D eigenvalue weighted by atomic mass is 9.90. The van der Waals surface area contributed by atoms with Gasteiger partial charge in [-0.25, -0.2) is 4.98 Å². The first kappa shape index (κ1) is 27.3. The lowest BCUT2D eigenvalue weighted by Crippen LogP contribution is -1.96. The SMILES string of the molecule is c1cc(-c2nc3ccccc3c3c4ccccc4c4ccccc4c23)cc(-n2c3ccc4c5ccccc5oc4c3c3c4ccccc4sc32)c1. The molecule has 0 unspecified atom stereocenters. The van der Waals surface area contributed by atoms with Crippen molar-refractivity contribution in [2.45, 2.75) is 0 Å². The molecular weight excluding hydrogens is 641 g/mol. The van der Waals surface area contributed by atoms with Gasteiger partial charge < -0.3 is 8.98 Å². The van der Waals surface area contributed by atoms with Gasteiger partial charge in [-0.05, 0) is 64.0 Å². The average Bonchev–Trinajstić information content (AvgIpc) is 3.86. The van der Waals surface area contributed by atoms with Crippen LogP contribution in [0.5, 0.6) is 0 Å². The van der Waals surface area contributed by atoms with Crippen molar-refractivity contribution in [3.05, 3.63) is 158 Å². The van der Waals surface area contributed by atoms with E-state index >= 15 is 0 Å². The Morgan fingerprint density at radius 1 is 0.471 bits per heavy atom. The van der Waals surface area contributed by atoms with Crippen LogP contribution >= 0.6 is 11.3 Å². The molecule has 4 heteroatoms. The predicted octanol–water partition coefficient (Wildman–Crippen LogP) is 13.6. The van der Waals surface area contributed by atoms with Crippen molar-refractivity contribution in [1.82, 2.24) is 9.55 Å². The van der Waals surface area contributed by atoms with E-state index in [-0.39, 0.29) is 0 Å². The molecule has 8 aromatic carbocycles. The fraction of sp³-hybridized carbons (Fsp3) is 0.